The van der Waals surface area contributed by atoms with Gasteiger partial charge in [0.1, 0.15) is 18.2 Å². The van der Waals surface area contributed by atoms with E-state index in [1.54, 1.807) is 19.1 Å². The van der Waals surface area contributed by atoms with Gasteiger partial charge in [0, 0.05) is 24.2 Å². The van der Waals surface area contributed by atoms with Crippen LogP contribution in [-0.4, -0.2) is 38.7 Å². The lowest BCUT2D eigenvalue weighted by atomic mass is 10.0. The van der Waals surface area contributed by atoms with E-state index in [1.165, 1.54) is 29.6 Å². The normalized spacial score (nSPS) is 17.1. The summed E-state index contributed by atoms with van der Waals surface area (Å²) in [5, 5.41) is 3.09. The van der Waals surface area contributed by atoms with E-state index in [-0.39, 0.29) is 17.9 Å². The number of aromatic nitrogens is 4. The number of hydrogen-bond acceptors (Lipinski definition) is 7. The van der Waals surface area contributed by atoms with Crippen molar-refractivity contribution >= 4 is 17.9 Å². The molecular weight excluding hydrogens is 449 g/mol. The Kier molecular flexibility index (Phi) is 6.36. The Labute approximate surface area is 194 Å². The number of nitrogens with one attached hydrogen (secondary N) is 1. The minimum atomic E-state index is -4.43. The number of rotatable bonds is 6. The smallest absolute Gasteiger partial charge is 0.416 e. The van der Waals surface area contributed by atoms with Crippen LogP contribution in [0.5, 0.6) is 0 Å². The van der Waals surface area contributed by atoms with E-state index in [1.807, 2.05) is 13.8 Å². The summed E-state index contributed by atoms with van der Waals surface area (Å²) in [5.41, 5.74) is 0.102. The van der Waals surface area contributed by atoms with Gasteiger partial charge in [0.05, 0.1) is 17.6 Å². The Morgan fingerprint density at radius 3 is 2.50 bits per heavy atom. The van der Waals surface area contributed by atoms with Crippen molar-refractivity contribution in [2.24, 2.45) is 5.92 Å². The van der Waals surface area contributed by atoms with Crippen molar-refractivity contribution in [3.8, 4) is 11.1 Å². The lowest BCUT2D eigenvalue weighted by Crippen LogP contribution is -2.37. The maximum Gasteiger partial charge on any atom is 0.416 e. The van der Waals surface area contributed by atoms with Crippen LogP contribution in [0.2, 0.25) is 0 Å². The molecule has 1 aromatic carbocycles. The molecule has 0 bridgehead atoms. The molecule has 1 saturated heterocycles. The SMILES string of the molecule is CC(Nc1nccc(N2C(=O)OCC2C(C)C)n1)c1ncc(-c2cccc(C(F)(F)F)c2)cn1. The van der Waals surface area contributed by atoms with Crippen LogP contribution in [0.4, 0.5) is 29.7 Å². The van der Waals surface area contributed by atoms with E-state index in [2.05, 4.69) is 25.3 Å². The van der Waals surface area contributed by atoms with Gasteiger partial charge in [0.2, 0.25) is 5.95 Å². The second-order valence-corrected chi connectivity index (χ2v) is 8.27. The number of halogens is 3. The van der Waals surface area contributed by atoms with E-state index < -0.39 is 23.9 Å². The molecule has 11 heteroatoms. The van der Waals surface area contributed by atoms with Gasteiger partial charge >= 0.3 is 12.3 Å². The van der Waals surface area contributed by atoms with Crippen molar-refractivity contribution in [3.05, 3.63) is 60.3 Å². The number of carbonyl (C=O) groups excluding carboxylic acids is 1. The largest absolute Gasteiger partial charge is 0.447 e. The first-order valence-corrected chi connectivity index (χ1v) is 10.7. The van der Waals surface area contributed by atoms with Gasteiger partial charge in [-0.2, -0.15) is 18.2 Å². The molecule has 1 amide bonds. The van der Waals surface area contributed by atoms with E-state index in [9.17, 15) is 18.0 Å². The minimum Gasteiger partial charge on any atom is -0.447 e. The first-order chi connectivity index (χ1) is 16.1. The molecule has 8 nitrogen and oxygen atoms in total. The topological polar surface area (TPSA) is 93.1 Å². The molecule has 1 aliphatic heterocycles. The summed E-state index contributed by atoms with van der Waals surface area (Å²) in [4.78, 5) is 31.0. The van der Waals surface area contributed by atoms with Crippen molar-refractivity contribution in [2.45, 2.75) is 39.0 Å². The molecule has 0 saturated carbocycles. The number of alkyl halides is 3. The number of carbonyl (C=O) groups is 1. The van der Waals surface area contributed by atoms with Crippen molar-refractivity contribution in [2.75, 3.05) is 16.8 Å². The third kappa shape index (κ3) is 4.92. The Bertz CT molecular complexity index is 1170. The fourth-order valence-electron chi connectivity index (χ4n) is 3.59. The number of hydrogen-bond donors (Lipinski definition) is 1. The maximum absolute atomic E-state index is 13.0. The Morgan fingerprint density at radius 1 is 1.09 bits per heavy atom. The van der Waals surface area contributed by atoms with Gasteiger partial charge in [-0.15, -0.1) is 0 Å². The fourth-order valence-corrected chi connectivity index (χ4v) is 3.59. The van der Waals surface area contributed by atoms with E-state index in [0.29, 0.717) is 29.4 Å². The molecule has 0 aliphatic carbocycles. The maximum atomic E-state index is 13.0. The van der Waals surface area contributed by atoms with Gasteiger partial charge in [0.15, 0.2) is 0 Å². The molecule has 3 heterocycles. The summed E-state index contributed by atoms with van der Waals surface area (Å²) in [6.45, 7) is 6.10. The van der Waals surface area contributed by atoms with Crippen LogP contribution in [-0.2, 0) is 10.9 Å². The van der Waals surface area contributed by atoms with Gasteiger partial charge < -0.3 is 10.1 Å². The highest BCUT2D eigenvalue weighted by atomic mass is 19.4. The first kappa shape index (κ1) is 23.4. The van der Waals surface area contributed by atoms with Gasteiger partial charge in [-0.1, -0.05) is 26.0 Å². The molecule has 2 unspecified atom stereocenters. The van der Waals surface area contributed by atoms with Gasteiger partial charge in [-0.05, 0) is 36.6 Å². The van der Waals surface area contributed by atoms with Crippen LogP contribution in [0.25, 0.3) is 11.1 Å². The third-order valence-corrected chi connectivity index (χ3v) is 5.49. The molecule has 1 aliphatic rings. The molecule has 0 spiro atoms. The van der Waals surface area contributed by atoms with Crippen molar-refractivity contribution in [1.82, 2.24) is 19.9 Å². The number of amides is 1. The van der Waals surface area contributed by atoms with E-state index >= 15 is 0 Å². The Morgan fingerprint density at radius 2 is 1.82 bits per heavy atom. The molecule has 1 fully saturated rings. The predicted octanol–water partition coefficient (Wildman–Crippen LogP) is 5.11. The van der Waals surface area contributed by atoms with E-state index in [4.69, 9.17) is 4.74 Å². The van der Waals surface area contributed by atoms with Crippen LogP contribution < -0.4 is 10.2 Å². The summed E-state index contributed by atoms with van der Waals surface area (Å²) < 4.78 is 44.2. The number of anilines is 2. The number of benzene rings is 1. The lowest BCUT2D eigenvalue weighted by molar-refractivity contribution is -0.137. The van der Waals surface area contributed by atoms with Crippen LogP contribution in [0.3, 0.4) is 0 Å². The van der Waals surface area contributed by atoms with Crippen molar-refractivity contribution < 1.29 is 22.7 Å². The summed E-state index contributed by atoms with van der Waals surface area (Å²) in [5.74, 6) is 1.29. The minimum absolute atomic E-state index is 0.126. The van der Waals surface area contributed by atoms with Crippen LogP contribution in [0, 0.1) is 5.92 Å². The zero-order valence-corrected chi connectivity index (χ0v) is 18.7. The standard InChI is InChI=1S/C23H23F3N6O2/c1-13(2)18-12-34-22(33)32(18)19-7-8-27-21(31-19)30-14(3)20-28-10-16(11-29-20)15-5-4-6-17(9-15)23(24,25)26/h4-11,13-14,18H,12H2,1-3H3,(H,27,30,31). The highest BCUT2D eigenvalue weighted by Gasteiger charge is 2.37. The summed E-state index contributed by atoms with van der Waals surface area (Å²) in [6, 6.07) is 6.11. The average molecular weight is 472 g/mol. The first-order valence-electron chi connectivity index (χ1n) is 10.7. The molecule has 2 atom stereocenters. The zero-order valence-electron chi connectivity index (χ0n) is 18.7. The second kappa shape index (κ2) is 9.24. The zero-order chi connectivity index (χ0) is 24.5. The van der Waals surface area contributed by atoms with Crippen LogP contribution in [0.1, 0.15) is 38.2 Å². The molecule has 2 aromatic heterocycles. The fraction of sp³-hybridized carbons (Fsp3) is 0.348. The molecular formula is C23H23F3N6O2. The Balaban J connectivity index is 1.49. The number of ether oxygens (including phenoxy) is 1. The van der Waals surface area contributed by atoms with Gasteiger partial charge in [0.25, 0.3) is 0 Å². The third-order valence-electron chi connectivity index (χ3n) is 5.49. The number of nitrogens with zero attached hydrogens (tertiary/aromatic N) is 5. The molecule has 34 heavy (non-hydrogen) atoms. The van der Waals surface area contributed by atoms with E-state index in [0.717, 1.165) is 12.1 Å². The second-order valence-electron chi connectivity index (χ2n) is 8.27. The lowest BCUT2D eigenvalue weighted by Gasteiger charge is -2.23. The molecule has 3 aromatic rings. The van der Waals surface area contributed by atoms with Gasteiger partial charge in [-0.25, -0.2) is 19.7 Å². The highest BCUT2D eigenvalue weighted by Crippen LogP contribution is 2.32. The molecule has 0 radical (unpaired) electrons. The highest BCUT2D eigenvalue weighted by molar-refractivity contribution is 5.89. The van der Waals surface area contributed by atoms with Crippen LogP contribution in [0.15, 0.2) is 48.9 Å². The van der Waals surface area contributed by atoms with Gasteiger partial charge in [-0.3, -0.25) is 4.90 Å². The number of cyclic esters (lactones) is 1. The summed E-state index contributed by atoms with van der Waals surface area (Å²) >= 11 is 0. The quantitative estimate of drug-likeness (QED) is 0.533. The summed E-state index contributed by atoms with van der Waals surface area (Å²) in [7, 11) is 0. The Hall–Kier alpha value is -3.76. The van der Waals surface area contributed by atoms with Crippen molar-refractivity contribution in [3.63, 3.8) is 0 Å². The predicted molar refractivity (Wildman–Crippen MR) is 119 cm³/mol. The van der Waals surface area contributed by atoms with Crippen molar-refractivity contribution in [1.29, 1.82) is 0 Å². The summed E-state index contributed by atoms with van der Waals surface area (Å²) in [6.07, 6.45) is -0.394. The molecule has 178 valence electrons. The molecule has 4 rings (SSSR count). The van der Waals surface area contributed by atoms with Crippen LogP contribution >= 0.6 is 0 Å². The molecule has 1 N–H and O–H groups in total. The average Bonchev–Trinajstić information content (AvgIpc) is 3.20. The monoisotopic (exact) mass is 472 g/mol.